The minimum atomic E-state index is 0.00465. The maximum Gasteiger partial charge on any atom is 0.272 e. The van der Waals surface area contributed by atoms with Crippen molar-refractivity contribution in [2.24, 2.45) is 5.92 Å². The molecule has 1 aliphatic carbocycles. The number of aromatic nitrogens is 2. The predicted octanol–water partition coefficient (Wildman–Crippen LogP) is 3.39. The number of methoxy groups -OCH3 is 1. The molecule has 8 nitrogen and oxygen atoms in total. The highest BCUT2D eigenvalue weighted by Crippen LogP contribution is 2.41. The summed E-state index contributed by atoms with van der Waals surface area (Å²) in [5, 5.41) is 7.25. The Hall–Kier alpha value is -2.55. The van der Waals surface area contributed by atoms with Gasteiger partial charge in [0.05, 0.1) is 12.7 Å². The Bertz CT molecular complexity index is 1010. The molecule has 1 saturated carbocycles. The van der Waals surface area contributed by atoms with Crippen molar-refractivity contribution >= 4 is 11.7 Å². The van der Waals surface area contributed by atoms with E-state index >= 15 is 0 Å². The molecule has 8 heteroatoms. The van der Waals surface area contributed by atoms with E-state index in [9.17, 15) is 4.79 Å². The second-order valence-corrected chi connectivity index (χ2v) is 10.5. The number of nitrogens with one attached hydrogen (secondary N) is 2. The number of nitrogens with zero attached hydrogens (tertiary/aromatic N) is 3. The van der Waals surface area contributed by atoms with Crippen molar-refractivity contribution in [2.45, 2.75) is 63.1 Å². The van der Waals surface area contributed by atoms with E-state index in [0.29, 0.717) is 36.2 Å². The van der Waals surface area contributed by atoms with Crippen molar-refractivity contribution in [3.05, 3.63) is 53.5 Å². The molecule has 194 valence electrons. The molecule has 2 saturated heterocycles. The number of likely N-dealkylation sites (tertiary alicyclic amines) is 1. The molecule has 5 rings (SSSR count). The van der Waals surface area contributed by atoms with Crippen molar-refractivity contribution in [3.63, 3.8) is 0 Å². The number of carbonyl (C=O) groups excluding carboxylic acids is 1. The van der Waals surface area contributed by atoms with Gasteiger partial charge in [-0.15, -0.1) is 0 Å². The highest BCUT2D eigenvalue weighted by Gasteiger charge is 2.32. The first-order valence-electron chi connectivity index (χ1n) is 13.4. The minimum Gasteiger partial charge on any atom is -0.379 e. The fraction of sp³-hybridized carbons (Fsp3) is 0.607. The van der Waals surface area contributed by atoms with Crippen LogP contribution in [0.25, 0.3) is 0 Å². The van der Waals surface area contributed by atoms with E-state index < -0.39 is 0 Å². The first-order valence-corrected chi connectivity index (χ1v) is 13.4. The fourth-order valence-corrected chi connectivity index (χ4v) is 5.82. The third-order valence-corrected chi connectivity index (χ3v) is 8.19. The highest BCUT2D eigenvalue weighted by molar-refractivity contribution is 5.94. The number of amides is 1. The van der Waals surface area contributed by atoms with Gasteiger partial charge in [-0.3, -0.25) is 4.79 Å². The van der Waals surface area contributed by atoms with Gasteiger partial charge in [0.1, 0.15) is 17.8 Å². The lowest BCUT2D eigenvalue weighted by molar-refractivity contribution is -0.0533. The van der Waals surface area contributed by atoms with Crippen LogP contribution in [0, 0.1) is 12.8 Å². The lowest BCUT2D eigenvalue weighted by Gasteiger charge is -2.38. The van der Waals surface area contributed by atoms with Crippen molar-refractivity contribution in [3.8, 4) is 0 Å². The third kappa shape index (κ3) is 5.71. The number of benzene rings is 1. The van der Waals surface area contributed by atoms with Crippen LogP contribution in [0.15, 0.2) is 36.7 Å². The maximum absolute atomic E-state index is 13.3. The third-order valence-electron chi connectivity index (χ3n) is 8.19. The molecular formula is C28H39N5O3. The Morgan fingerprint density at radius 1 is 1.14 bits per heavy atom. The molecule has 2 N–H and O–H groups in total. The van der Waals surface area contributed by atoms with E-state index in [2.05, 4.69) is 50.9 Å². The Balaban J connectivity index is 1.11. The standard InChI is InChI=1S/C28H39N5O3/c1-19-26(28(34)33-11-8-23(9-12-33)32-24-10-13-36-17-25(24)35-2)30-18-31-27(19)29-16-20-14-22(15-20)21-6-4-3-5-7-21/h3-7,18,20,22-25,32H,8-17H2,1-2H3,(H,29,30,31)/t20-,22+,24-,25+/m1/s1. The summed E-state index contributed by atoms with van der Waals surface area (Å²) in [4.78, 5) is 24.1. The number of carbonyl (C=O) groups is 1. The van der Waals surface area contributed by atoms with Crippen LogP contribution in [0.3, 0.4) is 0 Å². The van der Waals surface area contributed by atoms with Crippen molar-refractivity contribution < 1.29 is 14.3 Å². The van der Waals surface area contributed by atoms with E-state index in [-0.39, 0.29) is 12.0 Å². The van der Waals surface area contributed by atoms with Gasteiger partial charge in [-0.25, -0.2) is 9.97 Å². The van der Waals surface area contributed by atoms with E-state index in [1.54, 1.807) is 7.11 Å². The minimum absolute atomic E-state index is 0.00465. The summed E-state index contributed by atoms with van der Waals surface area (Å²) < 4.78 is 11.1. The maximum atomic E-state index is 13.3. The highest BCUT2D eigenvalue weighted by atomic mass is 16.5. The zero-order valence-electron chi connectivity index (χ0n) is 21.5. The van der Waals surface area contributed by atoms with E-state index in [1.165, 1.54) is 24.7 Å². The molecule has 3 aliphatic rings. The molecule has 0 spiro atoms. The Morgan fingerprint density at radius 2 is 1.92 bits per heavy atom. The van der Waals surface area contributed by atoms with E-state index in [0.717, 1.165) is 56.9 Å². The summed E-state index contributed by atoms with van der Waals surface area (Å²) >= 11 is 0. The molecule has 36 heavy (non-hydrogen) atoms. The normalized spacial score (nSPS) is 26.9. The lowest BCUT2D eigenvalue weighted by atomic mass is 9.71. The van der Waals surface area contributed by atoms with Crippen LogP contribution in [0.5, 0.6) is 0 Å². The fourth-order valence-electron chi connectivity index (χ4n) is 5.82. The monoisotopic (exact) mass is 493 g/mol. The van der Waals surface area contributed by atoms with Crippen LogP contribution in [-0.4, -0.2) is 78.9 Å². The van der Waals surface area contributed by atoms with Gasteiger partial charge in [-0.2, -0.15) is 0 Å². The Morgan fingerprint density at radius 3 is 2.67 bits per heavy atom. The average Bonchev–Trinajstić information content (AvgIpc) is 2.89. The molecule has 1 amide bonds. The summed E-state index contributed by atoms with van der Waals surface area (Å²) in [6.45, 7) is 5.70. The van der Waals surface area contributed by atoms with Gasteiger partial charge in [-0.05, 0) is 56.4 Å². The van der Waals surface area contributed by atoms with Crippen LogP contribution in [-0.2, 0) is 9.47 Å². The molecule has 3 heterocycles. The molecule has 0 radical (unpaired) electrons. The number of anilines is 1. The molecule has 1 aromatic heterocycles. The number of rotatable bonds is 8. The predicted molar refractivity (Wildman–Crippen MR) is 139 cm³/mol. The first-order chi connectivity index (χ1) is 17.6. The molecular weight excluding hydrogens is 454 g/mol. The Kier molecular flexibility index (Phi) is 8.14. The summed E-state index contributed by atoms with van der Waals surface area (Å²) in [6, 6.07) is 11.5. The largest absolute Gasteiger partial charge is 0.379 e. The second-order valence-electron chi connectivity index (χ2n) is 10.5. The number of ether oxygens (including phenoxy) is 2. The SMILES string of the molecule is CO[C@H]1COCC[C@H]1NC1CCN(C(=O)c2ncnc(NC[C@H]3C[C@@H](c4ccccc4)C3)c2C)CC1. The summed E-state index contributed by atoms with van der Waals surface area (Å²) in [5.74, 6) is 2.07. The van der Waals surface area contributed by atoms with Crippen molar-refractivity contribution in [2.75, 3.05) is 45.3 Å². The van der Waals surface area contributed by atoms with Crippen LogP contribution in [0.2, 0.25) is 0 Å². The first kappa shape index (κ1) is 25.1. The van der Waals surface area contributed by atoms with Gasteiger partial charge in [0.15, 0.2) is 0 Å². The molecule has 0 unspecified atom stereocenters. The van der Waals surface area contributed by atoms with Gasteiger partial charge in [0, 0.05) is 51.0 Å². The number of hydrogen-bond donors (Lipinski definition) is 2. The quantitative estimate of drug-likeness (QED) is 0.583. The van der Waals surface area contributed by atoms with Crippen LogP contribution < -0.4 is 10.6 Å². The summed E-state index contributed by atoms with van der Waals surface area (Å²) in [5.41, 5.74) is 2.79. The van der Waals surface area contributed by atoms with Crippen LogP contribution in [0.4, 0.5) is 5.82 Å². The molecule has 2 atom stereocenters. The van der Waals surface area contributed by atoms with Gasteiger partial charge in [0.25, 0.3) is 5.91 Å². The molecule has 1 aromatic carbocycles. The zero-order chi connectivity index (χ0) is 24.9. The second kappa shape index (κ2) is 11.7. The van der Waals surface area contributed by atoms with Crippen molar-refractivity contribution in [1.29, 1.82) is 0 Å². The topological polar surface area (TPSA) is 88.6 Å². The van der Waals surface area contributed by atoms with Crippen molar-refractivity contribution in [1.82, 2.24) is 20.2 Å². The molecule has 2 aliphatic heterocycles. The number of hydrogen-bond acceptors (Lipinski definition) is 7. The van der Waals surface area contributed by atoms with E-state index in [4.69, 9.17) is 9.47 Å². The average molecular weight is 494 g/mol. The smallest absolute Gasteiger partial charge is 0.272 e. The van der Waals surface area contributed by atoms with Crippen LogP contribution in [0.1, 0.15) is 59.6 Å². The van der Waals surface area contributed by atoms with Gasteiger partial charge >= 0.3 is 0 Å². The lowest BCUT2D eigenvalue weighted by Crippen LogP contribution is -2.54. The van der Waals surface area contributed by atoms with Gasteiger partial charge in [-0.1, -0.05) is 30.3 Å². The summed E-state index contributed by atoms with van der Waals surface area (Å²) in [6.07, 6.45) is 6.81. The molecule has 2 aromatic rings. The summed E-state index contributed by atoms with van der Waals surface area (Å²) in [7, 11) is 1.75. The van der Waals surface area contributed by atoms with Gasteiger partial charge in [0.2, 0.25) is 0 Å². The zero-order valence-corrected chi connectivity index (χ0v) is 21.5. The number of piperidine rings is 1. The van der Waals surface area contributed by atoms with Gasteiger partial charge < -0.3 is 25.0 Å². The van der Waals surface area contributed by atoms with Crippen LogP contribution >= 0.6 is 0 Å². The molecule has 0 bridgehead atoms. The molecule has 3 fully saturated rings. The Labute approximate surface area is 214 Å². The van der Waals surface area contributed by atoms with E-state index in [1.807, 2.05) is 11.8 Å².